The Labute approximate surface area is 204 Å². The third kappa shape index (κ3) is 3.67. The molecule has 0 radical (unpaired) electrons. The normalized spacial score (nSPS) is 30.7. The zero-order valence-electron chi connectivity index (χ0n) is 19.6. The topological polar surface area (TPSA) is 165 Å². The molecule has 192 valence electrons. The number of carbonyl (C=O) groups excluding carboxylic acids is 2. The van der Waals surface area contributed by atoms with E-state index in [1.54, 1.807) is 32.0 Å². The summed E-state index contributed by atoms with van der Waals surface area (Å²) in [5, 5.41) is 24.5. The molecule has 1 aromatic carbocycles. The average molecular weight is 504 g/mol. The molecular formula is C23H24N2O11. The van der Waals surface area contributed by atoms with E-state index in [4.69, 9.17) is 23.7 Å². The van der Waals surface area contributed by atoms with Gasteiger partial charge < -0.3 is 38.9 Å². The number of hydrogen-bond acceptors (Lipinski definition) is 12. The number of benzene rings is 1. The molecule has 0 bridgehead atoms. The van der Waals surface area contributed by atoms with Crippen LogP contribution in [0.25, 0.3) is 0 Å². The van der Waals surface area contributed by atoms with Crippen LogP contribution in [0.4, 0.5) is 0 Å². The van der Waals surface area contributed by atoms with Crippen LogP contribution in [-0.2, 0) is 28.6 Å². The van der Waals surface area contributed by atoms with Crippen LogP contribution in [0.2, 0.25) is 0 Å². The van der Waals surface area contributed by atoms with Gasteiger partial charge in [-0.25, -0.2) is 4.79 Å². The fraction of sp³-hybridized carbons (Fsp3) is 0.478. The van der Waals surface area contributed by atoms with Crippen molar-refractivity contribution in [3.8, 4) is 11.5 Å². The highest BCUT2D eigenvalue weighted by Crippen LogP contribution is 2.46. The summed E-state index contributed by atoms with van der Waals surface area (Å²) in [6, 6.07) is 5.04. The molecule has 13 nitrogen and oxygen atoms in total. The predicted octanol–water partition coefficient (Wildman–Crippen LogP) is 0.498. The van der Waals surface area contributed by atoms with Crippen LogP contribution in [0.15, 0.2) is 40.7 Å². The molecular weight excluding hydrogens is 480 g/mol. The van der Waals surface area contributed by atoms with Crippen LogP contribution in [0.5, 0.6) is 11.5 Å². The van der Waals surface area contributed by atoms with Crippen molar-refractivity contribution < 1.29 is 48.3 Å². The first-order valence-electron chi connectivity index (χ1n) is 11.1. The summed E-state index contributed by atoms with van der Waals surface area (Å²) in [6.07, 6.45) is -3.33. The number of hydrogen-bond donors (Lipinski definition) is 2. The molecule has 0 spiro atoms. The molecule has 4 aliphatic rings. The zero-order valence-corrected chi connectivity index (χ0v) is 19.6. The summed E-state index contributed by atoms with van der Waals surface area (Å²) in [5.41, 5.74) is -0.508. The number of carbonyl (C=O) groups is 2. The Hall–Kier alpha value is -3.68. The molecule has 5 rings (SSSR count). The maximum atomic E-state index is 14.1. The number of nitrogens with zero attached hydrogens (tertiary/aromatic N) is 1. The maximum absolute atomic E-state index is 14.1. The second-order valence-electron chi connectivity index (χ2n) is 8.89. The highest BCUT2D eigenvalue weighted by molar-refractivity contribution is 6.08. The van der Waals surface area contributed by atoms with E-state index in [2.05, 4.69) is 10.2 Å². The van der Waals surface area contributed by atoms with Crippen molar-refractivity contribution >= 4 is 11.8 Å². The smallest absolute Gasteiger partial charge is 0.336 e. The van der Waals surface area contributed by atoms with E-state index in [0.717, 1.165) is 0 Å². The first-order valence-corrected chi connectivity index (χ1v) is 11.1. The van der Waals surface area contributed by atoms with E-state index in [1.165, 1.54) is 7.11 Å². The molecule has 0 amide bonds. The molecule has 0 aromatic heterocycles. The van der Waals surface area contributed by atoms with Gasteiger partial charge in [0.15, 0.2) is 29.0 Å². The van der Waals surface area contributed by atoms with Gasteiger partial charge in [-0.2, -0.15) is 0 Å². The Kier molecular flexibility index (Phi) is 5.85. The molecule has 2 saturated heterocycles. The number of rotatable bonds is 6. The number of esters is 1. The summed E-state index contributed by atoms with van der Waals surface area (Å²) in [6.45, 7) is 2.66. The molecule has 4 aliphatic heterocycles. The van der Waals surface area contributed by atoms with E-state index in [0.29, 0.717) is 28.5 Å². The first-order chi connectivity index (χ1) is 17.2. The Balaban J connectivity index is 1.56. The van der Waals surface area contributed by atoms with Gasteiger partial charge in [-0.1, -0.05) is 6.07 Å². The van der Waals surface area contributed by atoms with Gasteiger partial charge in [0.05, 0.1) is 25.9 Å². The predicted molar refractivity (Wildman–Crippen MR) is 117 cm³/mol. The molecule has 1 aromatic rings. The van der Waals surface area contributed by atoms with Crippen molar-refractivity contribution in [2.75, 3.05) is 27.1 Å². The third-order valence-corrected chi connectivity index (χ3v) is 6.83. The molecule has 2 N–H and O–H groups in total. The fourth-order valence-electron chi connectivity index (χ4n) is 5.22. The molecule has 13 heteroatoms. The number of ether oxygens (including phenoxy) is 5. The molecule has 5 atom stereocenters. The standard InChI is InChI=1S/C23H24N2O11/c1-10-16(20(26)23(28)8-33-19-15(36-25(29)30)7-32-21(19)23)18(17(11(2)24-10)22(27)31-3)12-4-5-13-14(6-12)35-9-34-13/h4-6,15,18-19,21,24,28H,7-9H2,1-3H3/t15-,18?,19-,21+,23-/m1/s1. The molecule has 0 aliphatic carbocycles. The molecule has 2 fully saturated rings. The number of allylic oxidation sites excluding steroid dienone is 2. The van der Waals surface area contributed by atoms with Crippen molar-refractivity contribution in [1.29, 1.82) is 0 Å². The van der Waals surface area contributed by atoms with Gasteiger partial charge in [0.1, 0.15) is 12.2 Å². The highest BCUT2D eigenvalue weighted by Gasteiger charge is 2.62. The van der Waals surface area contributed by atoms with Gasteiger partial charge in [0.25, 0.3) is 5.09 Å². The average Bonchev–Trinajstić information content (AvgIpc) is 3.55. The number of dihydropyridines is 1. The second kappa shape index (κ2) is 8.76. The third-order valence-electron chi connectivity index (χ3n) is 6.83. The van der Waals surface area contributed by atoms with Crippen molar-refractivity contribution in [3.05, 3.63) is 56.4 Å². The minimum absolute atomic E-state index is 0.0370. The van der Waals surface area contributed by atoms with Crippen LogP contribution in [0, 0.1) is 10.1 Å². The monoisotopic (exact) mass is 504 g/mol. The van der Waals surface area contributed by atoms with Crippen molar-refractivity contribution in [3.63, 3.8) is 0 Å². The number of ketones is 1. The lowest BCUT2D eigenvalue weighted by atomic mass is 9.74. The summed E-state index contributed by atoms with van der Waals surface area (Å²) >= 11 is 0. The summed E-state index contributed by atoms with van der Waals surface area (Å²) in [7, 11) is 1.23. The number of aliphatic hydroxyl groups is 1. The summed E-state index contributed by atoms with van der Waals surface area (Å²) < 4.78 is 27.0. The molecule has 36 heavy (non-hydrogen) atoms. The Morgan fingerprint density at radius 3 is 2.61 bits per heavy atom. The van der Waals surface area contributed by atoms with Crippen molar-refractivity contribution in [1.82, 2.24) is 5.32 Å². The van der Waals surface area contributed by atoms with Gasteiger partial charge in [0.2, 0.25) is 6.79 Å². The number of methoxy groups -OCH3 is 1. The summed E-state index contributed by atoms with van der Waals surface area (Å²) in [5.74, 6) is -1.39. The maximum Gasteiger partial charge on any atom is 0.336 e. The molecule has 1 unspecified atom stereocenters. The SMILES string of the molecule is COC(=O)C1=C(C)NC(C)=C(C(=O)[C@]2(O)CO[C@@H]3[C@H](O[N+](=O)[O-])CO[C@@H]32)C1c1ccc2c(c1)OCO2. The lowest BCUT2D eigenvalue weighted by Gasteiger charge is -2.35. The largest absolute Gasteiger partial charge is 0.466 e. The van der Waals surface area contributed by atoms with Gasteiger partial charge >= 0.3 is 5.97 Å². The summed E-state index contributed by atoms with van der Waals surface area (Å²) in [4.78, 5) is 42.4. The number of fused-ring (bicyclic) bond motifs is 2. The zero-order chi connectivity index (χ0) is 25.8. The van der Waals surface area contributed by atoms with Crippen LogP contribution < -0.4 is 14.8 Å². The Morgan fingerprint density at radius 1 is 1.17 bits per heavy atom. The molecule has 4 heterocycles. The van der Waals surface area contributed by atoms with Crippen LogP contribution in [0.1, 0.15) is 25.3 Å². The van der Waals surface area contributed by atoms with E-state index >= 15 is 0 Å². The Morgan fingerprint density at radius 2 is 1.89 bits per heavy atom. The minimum Gasteiger partial charge on any atom is -0.466 e. The van der Waals surface area contributed by atoms with Gasteiger partial charge in [0, 0.05) is 22.9 Å². The van der Waals surface area contributed by atoms with E-state index in [9.17, 15) is 24.8 Å². The highest BCUT2D eigenvalue weighted by atomic mass is 17.0. The van der Waals surface area contributed by atoms with E-state index < -0.39 is 53.3 Å². The van der Waals surface area contributed by atoms with Gasteiger partial charge in [-0.3, -0.25) is 4.79 Å². The van der Waals surface area contributed by atoms with Crippen LogP contribution in [0.3, 0.4) is 0 Å². The van der Waals surface area contributed by atoms with E-state index in [1.807, 2.05) is 0 Å². The van der Waals surface area contributed by atoms with Crippen molar-refractivity contribution in [2.45, 2.75) is 43.7 Å². The van der Waals surface area contributed by atoms with Crippen LogP contribution in [-0.4, -0.2) is 73.0 Å². The number of Topliss-reactive ketones (excluding diaryl/α,β-unsaturated/α-hetero) is 1. The lowest BCUT2D eigenvalue weighted by Crippen LogP contribution is -2.53. The quantitative estimate of drug-likeness (QED) is 0.313. The second-order valence-corrected chi connectivity index (χ2v) is 8.89. The molecule has 0 saturated carbocycles. The minimum atomic E-state index is -2.18. The van der Waals surface area contributed by atoms with Crippen molar-refractivity contribution in [2.24, 2.45) is 0 Å². The van der Waals surface area contributed by atoms with Gasteiger partial charge in [-0.05, 0) is 31.5 Å². The fourth-order valence-corrected chi connectivity index (χ4v) is 5.22. The number of nitrogens with one attached hydrogen (secondary N) is 1. The lowest BCUT2D eigenvalue weighted by molar-refractivity contribution is -0.769. The first kappa shape index (κ1) is 24.0. The van der Waals surface area contributed by atoms with Gasteiger partial charge in [-0.15, -0.1) is 10.1 Å². The van der Waals surface area contributed by atoms with Crippen LogP contribution >= 0.6 is 0 Å². The Bertz CT molecular complexity index is 1210. The van der Waals surface area contributed by atoms with E-state index in [-0.39, 0.29) is 24.5 Å².